The van der Waals surface area contributed by atoms with Gasteiger partial charge in [0, 0.05) is 0 Å². The predicted molar refractivity (Wildman–Crippen MR) is 77.8 cm³/mol. The van der Waals surface area contributed by atoms with Gasteiger partial charge in [-0.25, -0.2) is 0 Å². The Morgan fingerprint density at radius 1 is 0.882 bits per heavy atom. The summed E-state index contributed by atoms with van der Waals surface area (Å²) >= 11 is 0. The van der Waals surface area contributed by atoms with Crippen LogP contribution in [0.3, 0.4) is 0 Å². The van der Waals surface area contributed by atoms with E-state index in [-0.39, 0.29) is 0 Å². The molecule has 0 bridgehead atoms. The summed E-state index contributed by atoms with van der Waals surface area (Å²) in [6.45, 7) is 11.7. The SMILES string of the molecule is C=CC=C1CC(=C/C)/C(=C/C=C\C)C/1=C/C=C. The van der Waals surface area contributed by atoms with Crippen molar-refractivity contribution >= 4 is 0 Å². The molecular formula is C17H20. The number of hydrogen-bond donors (Lipinski definition) is 0. The van der Waals surface area contributed by atoms with Crippen LogP contribution in [0.25, 0.3) is 0 Å². The van der Waals surface area contributed by atoms with E-state index in [9.17, 15) is 0 Å². The first-order chi connectivity index (χ1) is 8.28. The minimum Gasteiger partial charge on any atom is -0.0991 e. The van der Waals surface area contributed by atoms with E-state index in [2.05, 4.69) is 50.5 Å². The molecule has 1 aliphatic rings. The summed E-state index contributed by atoms with van der Waals surface area (Å²) in [5.74, 6) is 0. The van der Waals surface area contributed by atoms with Crippen molar-refractivity contribution in [2.45, 2.75) is 20.3 Å². The van der Waals surface area contributed by atoms with Crippen LogP contribution in [0, 0.1) is 0 Å². The molecule has 88 valence electrons. The third kappa shape index (κ3) is 3.07. The van der Waals surface area contributed by atoms with Gasteiger partial charge >= 0.3 is 0 Å². The van der Waals surface area contributed by atoms with E-state index in [4.69, 9.17) is 0 Å². The van der Waals surface area contributed by atoms with Gasteiger partial charge in [0.15, 0.2) is 0 Å². The highest BCUT2D eigenvalue weighted by Gasteiger charge is 2.21. The Balaban J connectivity index is 3.32. The van der Waals surface area contributed by atoms with Gasteiger partial charge in [-0.15, -0.1) is 0 Å². The molecule has 1 saturated carbocycles. The molecule has 0 radical (unpaired) electrons. The first kappa shape index (κ1) is 13.2. The van der Waals surface area contributed by atoms with Gasteiger partial charge in [-0.3, -0.25) is 0 Å². The zero-order valence-corrected chi connectivity index (χ0v) is 10.7. The molecule has 0 heteroatoms. The second-order valence-electron chi connectivity index (χ2n) is 3.84. The molecule has 0 aliphatic heterocycles. The third-order valence-electron chi connectivity index (χ3n) is 2.77. The summed E-state index contributed by atoms with van der Waals surface area (Å²) in [7, 11) is 0. The molecule has 17 heavy (non-hydrogen) atoms. The summed E-state index contributed by atoms with van der Waals surface area (Å²) in [6.07, 6.45) is 17.3. The maximum Gasteiger partial charge on any atom is -0.00167 e. The monoisotopic (exact) mass is 224 g/mol. The average molecular weight is 224 g/mol. The minimum atomic E-state index is 0.978. The van der Waals surface area contributed by atoms with Crippen molar-refractivity contribution in [3.05, 3.63) is 84.1 Å². The first-order valence-corrected chi connectivity index (χ1v) is 5.92. The number of rotatable bonds is 3. The molecule has 0 aromatic rings. The lowest BCUT2D eigenvalue weighted by atomic mass is 10.0. The van der Waals surface area contributed by atoms with Crippen LogP contribution >= 0.6 is 0 Å². The van der Waals surface area contributed by atoms with Crippen LogP contribution in [0.2, 0.25) is 0 Å². The van der Waals surface area contributed by atoms with Crippen LogP contribution in [0.5, 0.6) is 0 Å². The van der Waals surface area contributed by atoms with Crippen molar-refractivity contribution in [1.82, 2.24) is 0 Å². The fourth-order valence-electron chi connectivity index (χ4n) is 1.99. The Morgan fingerprint density at radius 3 is 2.06 bits per heavy atom. The Kier molecular flexibility index (Phi) is 5.22. The predicted octanol–water partition coefficient (Wildman–Crippen LogP) is 5.06. The maximum absolute atomic E-state index is 3.79. The standard InChI is InChI=1S/C17H20/c1-5-9-12-17-14(8-4)13-15(10-6-2)16(17)11-7-3/h5-12H,2-3,13H2,1,4H3/b9-5-,14-8-,15-10?,16-11+,17-12-. The van der Waals surface area contributed by atoms with Crippen molar-refractivity contribution < 1.29 is 0 Å². The van der Waals surface area contributed by atoms with Crippen molar-refractivity contribution in [3.63, 3.8) is 0 Å². The number of hydrogen-bond acceptors (Lipinski definition) is 0. The second-order valence-corrected chi connectivity index (χ2v) is 3.84. The average Bonchev–Trinajstić information content (AvgIpc) is 2.66. The van der Waals surface area contributed by atoms with Gasteiger partial charge in [-0.05, 0) is 42.6 Å². The van der Waals surface area contributed by atoms with Gasteiger partial charge in [0.2, 0.25) is 0 Å². The Labute approximate surface area is 105 Å². The molecule has 0 heterocycles. The number of allylic oxidation sites excluding steroid dienone is 12. The van der Waals surface area contributed by atoms with E-state index in [1.807, 2.05) is 25.2 Å². The smallest absolute Gasteiger partial charge is 0.00167 e. The topological polar surface area (TPSA) is 0 Å². The molecule has 0 aromatic carbocycles. The maximum atomic E-state index is 3.79. The summed E-state index contributed by atoms with van der Waals surface area (Å²) in [4.78, 5) is 0. The fraction of sp³-hybridized carbons (Fsp3) is 0.176. The molecule has 1 aliphatic carbocycles. The molecule has 0 amide bonds. The van der Waals surface area contributed by atoms with Gasteiger partial charge in [0.1, 0.15) is 0 Å². The first-order valence-electron chi connectivity index (χ1n) is 5.92. The molecule has 0 atom stereocenters. The van der Waals surface area contributed by atoms with E-state index in [1.54, 1.807) is 0 Å². The van der Waals surface area contributed by atoms with Crippen LogP contribution in [0.4, 0.5) is 0 Å². The zero-order chi connectivity index (χ0) is 12.7. The molecule has 0 unspecified atom stereocenters. The lowest BCUT2D eigenvalue weighted by Crippen LogP contribution is -1.82. The summed E-state index contributed by atoms with van der Waals surface area (Å²) in [5, 5.41) is 0. The zero-order valence-electron chi connectivity index (χ0n) is 10.7. The molecular weight excluding hydrogens is 204 g/mol. The molecule has 0 saturated heterocycles. The van der Waals surface area contributed by atoms with Crippen molar-refractivity contribution in [2.75, 3.05) is 0 Å². The molecule has 0 spiro atoms. The Hall–Kier alpha value is -1.82. The largest absolute Gasteiger partial charge is 0.0991 e. The van der Waals surface area contributed by atoms with Crippen molar-refractivity contribution in [3.8, 4) is 0 Å². The van der Waals surface area contributed by atoms with Crippen molar-refractivity contribution in [1.29, 1.82) is 0 Å². The van der Waals surface area contributed by atoms with Crippen LogP contribution in [-0.4, -0.2) is 0 Å². The van der Waals surface area contributed by atoms with Crippen LogP contribution in [-0.2, 0) is 0 Å². The summed E-state index contributed by atoms with van der Waals surface area (Å²) in [6, 6.07) is 0. The van der Waals surface area contributed by atoms with Gasteiger partial charge in [0.25, 0.3) is 0 Å². The summed E-state index contributed by atoms with van der Waals surface area (Å²) < 4.78 is 0. The van der Waals surface area contributed by atoms with Crippen LogP contribution < -0.4 is 0 Å². The second kappa shape index (κ2) is 6.70. The Bertz CT molecular complexity index is 448. The van der Waals surface area contributed by atoms with Gasteiger partial charge < -0.3 is 0 Å². The van der Waals surface area contributed by atoms with E-state index in [0.29, 0.717) is 0 Å². The van der Waals surface area contributed by atoms with Crippen LogP contribution in [0.1, 0.15) is 20.3 Å². The normalized spacial score (nSPS) is 25.5. The fourth-order valence-corrected chi connectivity index (χ4v) is 1.99. The molecule has 0 N–H and O–H groups in total. The highest BCUT2D eigenvalue weighted by atomic mass is 14.3. The van der Waals surface area contributed by atoms with Crippen LogP contribution in [0.15, 0.2) is 84.1 Å². The van der Waals surface area contributed by atoms with Crippen molar-refractivity contribution in [2.24, 2.45) is 0 Å². The highest BCUT2D eigenvalue weighted by molar-refractivity contribution is 5.66. The van der Waals surface area contributed by atoms with Gasteiger partial charge in [-0.2, -0.15) is 0 Å². The van der Waals surface area contributed by atoms with E-state index >= 15 is 0 Å². The lowest BCUT2D eigenvalue weighted by molar-refractivity contribution is 1.26. The van der Waals surface area contributed by atoms with Gasteiger partial charge in [0.05, 0.1) is 0 Å². The van der Waals surface area contributed by atoms with E-state index in [1.165, 1.54) is 22.3 Å². The molecule has 0 aromatic heterocycles. The van der Waals surface area contributed by atoms with E-state index < -0.39 is 0 Å². The van der Waals surface area contributed by atoms with Gasteiger partial charge in [-0.1, -0.05) is 61.8 Å². The highest BCUT2D eigenvalue weighted by Crippen LogP contribution is 2.40. The lowest BCUT2D eigenvalue weighted by Gasteiger charge is -2.01. The quantitative estimate of drug-likeness (QED) is 0.628. The minimum absolute atomic E-state index is 0.978. The summed E-state index contributed by atoms with van der Waals surface area (Å²) in [5.41, 5.74) is 5.22. The molecule has 1 fully saturated rings. The Morgan fingerprint density at radius 2 is 1.53 bits per heavy atom. The van der Waals surface area contributed by atoms with E-state index in [0.717, 1.165) is 6.42 Å². The third-order valence-corrected chi connectivity index (χ3v) is 2.77. The molecule has 0 nitrogen and oxygen atoms in total. The molecule has 1 rings (SSSR count).